The number of benzene rings is 1. The van der Waals surface area contributed by atoms with Gasteiger partial charge in [0.2, 0.25) is 0 Å². The van der Waals surface area contributed by atoms with Crippen LogP contribution >= 0.6 is 0 Å². The molecule has 2 N–H and O–H groups in total. The smallest absolute Gasteiger partial charge is 0.321 e. The number of hydrogen-bond acceptors (Lipinski definition) is 7. The molecule has 218 valence electrons. The van der Waals surface area contributed by atoms with Gasteiger partial charge >= 0.3 is 6.03 Å². The molecule has 0 saturated carbocycles. The van der Waals surface area contributed by atoms with Crippen molar-refractivity contribution >= 4 is 34.8 Å². The van der Waals surface area contributed by atoms with E-state index in [1.807, 2.05) is 52.9 Å². The second-order valence-electron chi connectivity index (χ2n) is 10.6. The van der Waals surface area contributed by atoms with Gasteiger partial charge in [0.15, 0.2) is 5.65 Å². The highest BCUT2D eigenvalue weighted by molar-refractivity contribution is 5.94. The summed E-state index contributed by atoms with van der Waals surface area (Å²) < 4.78 is 7.32. The van der Waals surface area contributed by atoms with E-state index in [1.54, 1.807) is 23.4 Å². The fraction of sp³-hybridized carbons (Fsp3) is 0.355. The predicted molar refractivity (Wildman–Crippen MR) is 162 cm³/mol. The van der Waals surface area contributed by atoms with Crippen molar-refractivity contribution < 1.29 is 14.3 Å². The molecule has 3 aromatic heterocycles. The lowest BCUT2D eigenvalue weighted by molar-refractivity contribution is 0.0302. The SMILES string of the molecule is CCN1CCN(C(=O)Nc2cccc(-c3cc(Nc4ccc(C(=O)N5CCOCC5)cn4)c4nccn4c3)c2C)CC1. The third-order valence-corrected chi connectivity index (χ3v) is 8.05. The van der Waals surface area contributed by atoms with Gasteiger partial charge in [-0.05, 0) is 48.9 Å². The van der Waals surface area contributed by atoms with Gasteiger partial charge in [-0.3, -0.25) is 4.79 Å². The van der Waals surface area contributed by atoms with Crippen molar-refractivity contribution in [1.82, 2.24) is 29.1 Å². The number of carbonyl (C=O) groups excluding carboxylic acids is 2. The van der Waals surface area contributed by atoms with Gasteiger partial charge < -0.3 is 34.5 Å². The molecule has 2 saturated heterocycles. The van der Waals surface area contributed by atoms with Crippen LogP contribution in [0.1, 0.15) is 22.8 Å². The molecule has 0 spiro atoms. The van der Waals surface area contributed by atoms with Gasteiger partial charge in [-0.25, -0.2) is 14.8 Å². The van der Waals surface area contributed by atoms with Crippen molar-refractivity contribution in [3.05, 3.63) is 72.3 Å². The van der Waals surface area contributed by atoms with Crippen LogP contribution < -0.4 is 10.6 Å². The van der Waals surface area contributed by atoms with E-state index in [1.165, 1.54) is 0 Å². The van der Waals surface area contributed by atoms with E-state index in [0.717, 1.165) is 66.4 Å². The highest BCUT2D eigenvalue weighted by Crippen LogP contribution is 2.32. The van der Waals surface area contributed by atoms with Gasteiger partial charge in [-0.15, -0.1) is 0 Å². The van der Waals surface area contributed by atoms with Crippen LogP contribution in [-0.2, 0) is 4.74 Å². The third-order valence-electron chi connectivity index (χ3n) is 8.05. The fourth-order valence-corrected chi connectivity index (χ4v) is 5.50. The van der Waals surface area contributed by atoms with Crippen LogP contribution in [0.4, 0.5) is 22.0 Å². The maximum atomic E-state index is 13.1. The minimum Gasteiger partial charge on any atom is -0.378 e. The summed E-state index contributed by atoms with van der Waals surface area (Å²) in [5.74, 6) is 0.567. The Balaban J connectivity index is 1.22. The first-order valence-electron chi connectivity index (χ1n) is 14.4. The summed E-state index contributed by atoms with van der Waals surface area (Å²) >= 11 is 0. The van der Waals surface area contributed by atoms with E-state index >= 15 is 0 Å². The van der Waals surface area contributed by atoms with Crippen LogP contribution in [0.2, 0.25) is 0 Å². The molecule has 5 heterocycles. The average molecular weight is 569 g/mol. The number of rotatable bonds is 6. The molecule has 4 aromatic rings. The van der Waals surface area contributed by atoms with E-state index in [2.05, 4.69) is 38.5 Å². The Morgan fingerprint density at radius 1 is 0.952 bits per heavy atom. The number of nitrogens with zero attached hydrogens (tertiary/aromatic N) is 6. The molecular formula is C31H36N8O3. The molecule has 2 aliphatic rings. The molecule has 0 unspecified atom stereocenters. The number of morpholine rings is 1. The molecular weight excluding hydrogens is 532 g/mol. The number of likely N-dealkylation sites (N-methyl/N-ethyl adjacent to an activating group) is 1. The van der Waals surface area contributed by atoms with Crippen molar-refractivity contribution in [3.8, 4) is 11.1 Å². The number of aromatic nitrogens is 3. The number of anilines is 3. The maximum absolute atomic E-state index is 13.1. The molecule has 1 aromatic carbocycles. The molecule has 6 rings (SSSR count). The monoisotopic (exact) mass is 568 g/mol. The minimum absolute atomic E-state index is 0.0411. The number of nitrogens with one attached hydrogen (secondary N) is 2. The standard InChI is InChI=1S/C31H36N8O3/c1-3-36-11-13-38(14-12-36)31(41)35-26-6-4-5-25(22(26)2)24-19-27(29-32-9-10-39(29)21-24)34-28-8-7-23(20-33-28)30(40)37-15-17-42-18-16-37/h4-10,19-21H,3,11-18H2,1-2H3,(H,33,34)(H,35,41). The van der Waals surface area contributed by atoms with Gasteiger partial charge in [-0.1, -0.05) is 19.1 Å². The first kappa shape index (κ1) is 27.7. The summed E-state index contributed by atoms with van der Waals surface area (Å²) in [5.41, 5.74) is 5.81. The van der Waals surface area contributed by atoms with Gasteiger partial charge in [0.25, 0.3) is 5.91 Å². The van der Waals surface area contributed by atoms with E-state index in [0.29, 0.717) is 37.7 Å². The second kappa shape index (κ2) is 12.2. The highest BCUT2D eigenvalue weighted by atomic mass is 16.5. The normalized spacial score (nSPS) is 16.0. The van der Waals surface area contributed by atoms with Crippen molar-refractivity contribution in [1.29, 1.82) is 0 Å². The number of urea groups is 1. The molecule has 11 heteroatoms. The molecule has 2 fully saturated rings. The van der Waals surface area contributed by atoms with Crippen LogP contribution in [0.15, 0.2) is 61.2 Å². The molecule has 0 bridgehead atoms. The van der Waals surface area contributed by atoms with E-state index < -0.39 is 0 Å². The fourth-order valence-electron chi connectivity index (χ4n) is 5.50. The molecule has 0 aliphatic carbocycles. The number of imidazole rings is 1. The summed E-state index contributed by atoms with van der Waals surface area (Å²) in [6, 6.07) is 11.5. The summed E-state index contributed by atoms with van der Waals surface area (Å²) in [5, 5.41) is 6.52. The summed E-state index contributed by atoms with van der Waals surface area (Å²) in [7, 11) is 0. The predicted octanol–water partition coefficient (Wildman–Crippen LogP) is 4.09. The minimum atomic E-state index is -0.0694. The van der Waals surface area contributed by atoms with Gasteiger partial charge in [0, 0.05) is 75.3 Å². The van der Waals surface area contributed by atoms with Crippen LogP contribution in [0.3, 0.4) is 0 Å². The zero-order valence-corrected chi connectivity index (χ0v) is 24.0. The van der Waals surface area contributed by atoms with Crippen molar-refractivity contribution in [2.24, 2.45) is 0 Å². The molecule has 2 aliphatic heterocycles. The van der Waals surface area contributed by atoms with Gasteiger partial charge in [0.1, 0.15) is 5.82 Å². The number of piperazine rings is 1. The summed E-state index contributed by atoms with van der Waals surface area (Å²) in [6.07, 6.45) is 7.29. The number of carbonyl (C=O) groups is 2. The Morgan fingerprint density at radius 3 is 2.50 bits per heavy atom. The Kier molecular flexibility index (Phi) is 8.02. The first-order chi connectivity index (χ1) is 20.5. The Bertz CT molecular complexity index is 1570. The summed E-state index contributed by atoms with van der Waals surface area (Å²) in [6.45, 7) is 10.7. The molecule has 0 atom stereocenters. The van der Waals surface area contributed by atoms with Crippen LogP contribution in [0.25, 0.3) is 16.8 Å². The lowest BCUT2D eigenvalue weighted by atomic mass is 10.00. The van der Waals surface area contributed by atoms with Crippen molar-refractivity contribution in [2.75, 3.05) is 69.7 Å². The Hall–Kier alpha value is -4.48. The van der Waals surface area contributed by atoms with Gasteiger partial charge in [0.05, 0.1) is 24.5 Å². The molecule has 42 heavy (non-hydrogen) atoms. The zero-order valence-electron chi connectivity index (χ0n) is 24.0. The Labute approximate surface area is 245 Å². The number of amides is 3. The topological polar surface area (TPSA) is 107 Å². The van der Waals surface area contributed by atoms with Crippen LogP contribution in [0, 0.1) is 6.92 Å². The second-order valence-corrected chi connectivity index (χ2v) is 10.6. The number of ether oxygens (including phenoxy) is 1. The molecule has 0 radical (unpaired) electrons. The van der Waals surface area contributed by atoms with Crippen molar-refractivity contribution in [3.63, 3.8) is 0 Å². The van der Waals surface area contributed by atoms with E-state index in [4.69, 9.17) is 4.74 Å². The van der Waals surface area contributed by atoms with Crippen LogP contribution in [-0.4, -0.2) is 100 Å². The Morgan fingerprint density at radius 2 is 1.76 bits per heavy atom. The van der Waals surface area contributed by atoms with E-state index in [-0.39, 0.29) is 11.9 Å². The quantitative estimate of drug-likeness (QED) is 0.361. The third kappa shape index (κ3) is 5.79. The number of fused-ring (bicyclic) bond motifs is 1. The average Bonchev–Trinajstić information content (AvgIpc) is 3.52. The maximum Gasteiger partial charge on any atom is 0.321 e. The summed E-state index contributed by atoms with van der Waals surface area (Å²) in [4.78, 5) is 40.9. The number of pyridine rings is 2. The molecule has 3 amide bonds. The lowest BCUT2D eigenvalue weighted by Crippen LogP contribution is -2.49. The van der Waals surface area contributed by atoms with Crippen molar-refractivity contribution in [2.45, 2.75) is 13.8 Å². The molecule has 11 nitrogen and oxygen atoms in total. The van der Waals surface area contributed by atoms with Crippen LogP contribution in [0.5, 0.6) is 0 Å². The zero-order chi connectivity index (χ0) is 29.1. The largest absolute Gasteiger partial charge is 0.378 e. The highest BCUT2D eigenvalue weighted by Gasteiger charge is 2.22. The van der Waals surface area contributed by atoms with E-state index in [9.17, 15) is 9.59 Å². The lowest BCUT2D eigenvalue weighted by Gasteiger charge is -2.34. The van der Waals surface area contributed by atoms with Gasteiger partial charge in [-0.2, -0.15) is 0 Å². The number of hydrogen-bond donors (Lipinski definition) is 2. The first-order valence-corrected chi connectivity index (χ1v) is 14.4.